The van der Waals surface area contributed by atoms with Crippen molar-refractivity contribution in [3.63, 3.8) is 0 Å². The Kier molecular flexibility index (Phi) is 25.2. The summed E-state index contributed by atoms with van der Waals surface area (Å²) < 4.78 is 66.7. The second-order valence-corrected chi connectivity index (χ2v) is 49.9. The zero-order chi connectivity index (χ0) is 93.3. The minimum Gasteiger partial charge on any atom is -0.465 e. The van der Waals surface area contributed by atoms with E-state index in [2.05, 4.69) is 0 Å². The van der Waals surface area contributed by atoms with Gasteiger partial charge in [-0.2, -0.15) is 0 Å². The molecule has 24 heteroatoms. The first-order chi connectivity index (χ1) is 61.2. The van der Waals surface area contributed by atoms with Gasteiger partial charge in [0.05, 0.1) is 107 Å². The van der Waals surface area contributed by atoms with Crippen LogP contribution >= 0.6 is 0 Å². The SMILES string of the molecule is CCC(C)(C)C(=O)OC1CC2CC1C1(CCOC1=O)C2.CCC(C)(C)C(=O)OC1CC2CC1C1(COC(=O)C1)C2.CCC(C)(C)C(=O)OC1CC2CC1C1C2C2CC1C1(CCOC1=O)C2.CCC(C)(C)C(=O)OC1CC2CC1C1C3CC(C21)C1(CCOC1=O)C3.CCC(C)(C)C(=O)OC1CC2CC1CC21CCOC1=O.CCC(C)(C)C(=O)OC1CC2CC1CC21COC(=O)C1. The maximum Gasteiger partial charge on any atom is 0.312 e. The summed E-state index contributed by atoms with van der Waals surface area (Å²) in [5.41, 5.74) is -3.34. The number of rotatable bonds is 18. The monoisotopic (exact) mass is 1810 g/mol. The van der Waals surface area contributed by atoms with Crippen LogP contribution in [0, 0.1) is 183 Å². The van der Waals surface area contributed by atoms with Crippen molar-refractivity contribution in [2.24, 2.45) is 183 Å². The van der Waals surface area contributed by atoms with Crippen LogP contribution in [0.4, 0.5) is 0 Å². The van der Waals surface area contributed by atoms with E-state index in [1.54, 1.807) is 0 Å². The normalized spacial score (nSPS) is 43.3. The molecule has 0 aromatic rings. The fraction of sp³-hybridized carbons (Fsp3) is 0.887. The van der Waals surface area contributed by atoms with Crippen LogP contribution < -0.4 is 0 Å². The Bertz CT molecular complexity index is 4420. The average molecular weight is 1810 g/mol. The van der Waals surface area contributed by atoms with Crippen molar-refractivity contribution in [2.45, 2.75) is 367 Å². The van der Waals surface area contributed by atoms with Gasteiger partial charge in [-0.3, -0.25) is 57.5 Å². The molecule has 6 aliphatic heterocycles. The highest BCUT2D eigenvalue weighted by Crippen LogP contribution is 2.76. The highest BCUT2D eigenvalue weighted by atomic mass is 16.6. The maximum absolute atomic E-state index is 12.6. The van der Waals surface area contributed by atoms with Crippen LogP contribution in [-0.4, -0.2) is 148 Å². The van der Waals surface area contributed by atoms with Crippen molar-refractivity contribution >= 4 is 71.6 Å². The lowest BCUT2D eigenvalue weighted by Gasteiger charge is -2.44. The smallest absolute Gasteiger partial charge is 0.312 e. The Hall–Kier alpha value is -6.36. The molecule has 16 aliphatic carbocycles. The van der Waals surface area contributed by atoms with E-state index < -0.39 is 27.1 Å². The molecule has 24 nitrogen and oxygen atoms in total. The molecule has 0 radical (unpaired) electrons. The van der Waals surface area contributed by atoms with E-state index in [0.717, 1.165) is 173 Å². The molecule has 6 heterocycles. The molecule has 22 fully saturated rings. The third-order valence-electron chi connectivity index (χ3n) is 41.2. The summed E-state index contributed by atoms with van der Waals surface area (Å²) >= 11 is 0. The number of esters is 12. The van der Waals surface area contributed by atoms with Gasteiger partial charge in [-0.1, -0.05) is 41.5 Å². The van der Waals surface area contributed by atoms with Crippen molar-refractivity contribution in [3.8, 4) is 0 Å². The molecule has 6 spiro atoms. The Balaban J connectivity index is 0.000000110. The highest BCUT2D eigenvalue weighted by Gasteiger charge is 2.75. The van der Waals surface area contributed by atoms with E-state index in [1.807, 2.05) is 125 Å². The number of carbonyl (C=O) groups excluding carboxylic acids is 12. The summed E-state index contributed by atoms with van der Waals surface area (Å²) in [5, 5.41) is 0. The van der Waals surface area contributed by atoms with Crippen LogP contribution in [0.25, 0.3) is 0 Å². The van der Waals surface area contributed by atoms with Crippen LogP contribution in [0.3, 0.4) is 0 Å². The maximum atomic E-state index is 12.6. The highest BCUT2D eigenvalue weighted by molar-refractivity contribution is 5.84. The predicted octanol–water partition coefficient (Wildman–Crippen LogP) is 17.9. The molecule has 0 N–H and O–H groups in total. The van der Waals surface area contributed by atoms with Crippen molar-refractivity contribution < 1.29 is 114 Å². The molecule has 32 atom stereocenters. The average Bonchev–Trinajstić information content (AvgIpc) is 1.52. The summed E-state index contributed by atoms with van der Waals surface area (Å²) in [6.07, 6.45) is 30.1. The number of cyclic esters (lactones) is 6. The lowest BCUT2D eigenvalue weighted by Crippen LogP contribution is -2.46. The minimum atomic E-state index is -0.439. The minimum absolute atomic E-state index is 0.0105. The number of hydrogen-bond donors (Lipinski definition) is 0. The first-order valence-corrected chi connectivity index (χ1v) is 51.5. The number of hydrogen-bond acceptors (Lipinski definition) is 24. The molecule has 16 bridgehead atoms. The summed E-state index contributed by atoms with van der Waals surface area (Å²) in [6.45, 7) is 38.9. The topological polar surface area (TPSA) is 316 Å². The fourth-order valence-electron chi connectivity index (χ4n) is 31.3. The second kappa shape index (κ2) is 34.4. The molecular weight excluding hydrogens is 1660 g/mol. The molecule has 0 amide bonds. The first-order valence-electron chi connectivity index (χ1n) is 51.5. The Labute approximate surface area is 771 Å². The summed E-state index contributed by atoms with van der Waals surface area (Å²) in [4.78, 5) is 146. The van der Waals surface area contributed by atoms with Gasteiger partial charge in [-0.25, -0.2) is 0 Å². The van der Waals surface area contributed by atoms with Crippen LogP contribution in [0.15, 0.2) is 0 Å². The van der Waals surface area contributed by atoms with Crippen molar-refractivity contribution in [1.82, 2.24) is 0 Å². The Morgan fingerprint density at radius 1 is 0.285 bits per heavy atom. The lowest BCUT2D eigenvalue weighted by molar-refractivity contribution is -0.169. The fourth-order valence-corrected chi connectivity index (χ4v) is 31.3. The molecule has 724 valence electrons. The van der Waals surface area contributed by atoms with Crippen molar-refractivity contribution in [3.05, 3.63) is 0 Å². The summed E-state index contributed by atoms with van der Waals surface area (Å²) in [7, 11) is 0. The van der Waals surface area contributed by atoms with Gasteiger partial charge in [-0.05, 0) is 382 Å². The molecule has 6 saturated heterocycles. The standard InChI is InChI=1S/2C21H30O4.4C16H24O4/c1-4-20(2,3)18(22)25-15-9-11-7-13(15)16-12-8-14(17(11)16)21(10-12)5-6-24-19(21)23;1-4-20(2,3)18(22)25-15-9-11-7-13(15)17-14-8-12(16(11)17)10-21(14)5-6-24-19(21)23;1-4-15(2,3)14(18)20-12-6-11-5-10(12)7-16(11)8-13(17)19-9-16;1-4-15(2,3)14(18)20-12-6-10-5-11(12)16(7-10)8-13(17)19-9-16;1-4-15(2,3)13(17)20-12-8-11-7-10(12)9-16(11)5-6-19-14(16)18;1-4-15(2,3)13(17)20-12-8-10-7-11(12)16(9-10)5-6-19-14(16)18/h2*11-17H,4-10H2,1-3H3;4*10-12H,4-9H2,1-3H3. The lowest BCUT2D eigenvalue weighted by atomic mass is 9.60. The van der Waals surface area contributed by atoms with E-state index >= 15 is 0 Å². The molecule has 32 unspecified atom stereocenters. The summed E-state index contributed by atoms with van der Waals surface area (Å²) in [5.74, 6) is 10.2. The zero-order valence-electron chi connectivity index (χ0n) is 81.7. The van der Waals surface area contributed by atoms with Crippen molar-refractivity contribution in [2.75, 3.05) is 39.6 Å². The van der Waals surface area contributed by atoms with Gasteiger partial charge >= 0.3 is 71.6 Å². The van der Waals surface area contributed by atoms with E-state index in [4.69, 9.17) is 56.8 Å². The molecule has 130 heavy (non-hydrogen) atoms. The van der Waals surface area contributed by atoms with Crippen LogP contribution in [0.5, 0.6) is 0 Å². The zero-order valence-corrected chi connectivity index (χ0v) is 81.7. The van der Waals surface area contributed by atoms with E-state index in [1.165, 1.54) is 25.7 Å². The second-order valence-electron chi connectivity index (χ2n) is 49.9. The predicted molar refractivity (Wildman–Crippen MR) is 474 cm³/mol. The van der Waals surface area contributed by atoms with Crippen LogP contribution in [0.2, 0.25) is 0 Å². The van der Waals surface area contributed by atoms with Gasteiger partial charge < -0.3 is 56.8 Å². The van der Waals surface area contributed by atoms with Crippen molar-refractivity contribution in [1.29, 1.82) is 0 Å². The molecule has 0 aromatic carbocycles. The van der Waals surface area contributed by atoms with E-state index in [9.17, 15) is 57.5 Å². The molecule has 22 rings (SSSR count). The quantitative estimate of drug-likeness (QED) is 0.0699. The van der Waals surface area contributed by atoms with Gasteiger partial charge in [0, 0.05) is 22.7 Å². The van der Waals surface area contributed by atoms with Crippen LogP contribution in [0.1, 0.15) is 330 Å². The molecule has 16 saturated carbocycles. The van der Waals surface area contributed by atoms with E-state index in [0.29, 0.717) is 159 Å². The van der Waals surface area contributed by atoms with Gasteiger partial charge in [-0.15, -0.1) is 0 Å². The molecule has 22 aliphatic rings. The Morgan fingerprint density at radius 3 is 1.00 bits per heavy atom. The third-order valence-corrected chi connectivity index (χ3v) is 41.2. The number of carbonyl (C=O) groups is 12. The van der Waals surface area contributed by atoms with Gasteiger partial charge in [0.2, 0.25) is 0 Å². The third kappa shape index (κ3) is 16.1. The number of fused-ring (bicyclic) bond motifs is 32. The van der Waals surface area contributed by atoms with Gasteiger partial charge in [0.25, 0.3) is 0 Å². The Morgan fingerprint density at radius 2 is 0.623 bits per heavy atom. The van der Waals surface area contributed by atoms with E-state index in [-0.39, 0.29) is 152 Å². The molecular formula is C106H156O24. The summed E-state index contributed by atoms with van der Waals surface area (Å²) in [6, 6.07) is 0. The van der Waals surface area contributed by atoms with Gasteiger partial charge in [0.15, 0.2) is 0 Å². The largest absolute Gasteiger partial charge is 0.465 e. The molecule has 0 aromatic heterocycles. The van der Waals surface area contributed by atoms with Gasteiger partial charge in [0.1, 0.15) is 36.6 Å². The number of ether oxygens (including phenoxy) is 12. The van der Waals surface area contributed by atoms with Crippen LogP contribution in [-0.2, 0) is 114 Å². The first kappa shape index (κ1) is 95.4.